The second kappa shape index (κ2) is 13.3. The van der Waals surface area contributed by atoms with Crippen LogP contribution in [0.25, 0.3) is 0 Å². The summed E-state index contributed by atoms with van der Waals surface area (Å²) < 4.78 is 0. The predicted octanol–water partition coefficient (Wildman–Crippen LogP) is 5.94. The van der Waals surface area contributed by atoms with Gasteiger partial charge in [-0.2, -0.15) is 0 Å². The third-order valence-corrected chi connectivity index (χ3v) is 5.73. The van der Waals surface area contributed by atoms with Gasteiger partial charge in [0.05, 0.1) is 0 Å². The van der Waals surface area contributed by atoms with Gasteiger partial charge in [-0.05, 0) is 79.2 Å². The lowest BCUT2D eigenvalue weighted by molar-refractivity contribution is -0.117. The Hall–Kier alpha value is -5.24. The molecular formula is C31H28N4O4. The fourth-order valence-electron chi connectivity index (χ4n) is 3.72. The molecule has 4 rings (SSSR count). The minimum Gasteiger partial charge on any atom is -0.326 e. The Bertz CT molecular complexity index is 1310. The van der Waals surface area contributed by atoms with Crippen molar-refractivity contribution in [3.63, 3.8) is 0 Å². The highest BCUT2D eigenvalue weighted by molar-refractivity contribution is 6.05. The number of rotatable bonds is 10. The number of hydrogen-bond acceptors (Lipinski definition) is 4. The monoisotopic (exact) mass is 520 g/mol. The molecule has 0 bridgehead atoms. The van der Waals surface area contributed by atoms with Gasteiger partial charge in [-0.1, -0.05) is 36.4 Å². The molecule has 0 spiro atoms. The Balaban J connectivity index is 1.15. The fourth-order valence-corrected chi connectivity index (χ4v) is 3.72. The zero-order valence-electron chi connectivity index (χ0n) is 21.1. The van der Waals surface area contributed by atoms with Gasteiger partial charge in [-0.25, -0.2) is 0 Å². The molecule has 0 fully saturated rings. The van der Waals surface area contributed by atoms with Crippen molar-refractivity contribution < 1.29 is 19.2 Å². The largest absolute Gasteiger partial charge is 0.326 e. The molecule has 8 nitrogen and oxygen atoms in total. The Morgan fingerprint density at radius 1 is 0.410 bits per heavy atom. The average Bonchev–Trinajstić information content (AvgIpc) is 2.96. The molecule has 4 amide bonds. The van der Waals surface area contributed by atoms with Gasteiger partial charge >= 0.3 is 0 Å². The summed E-state index contributed by atoms with van der Waals surface area (Å²) in [5, 5.41) is 11.2. The van der Waals surface area contributed by atoms with E-state index in [4.69, 9.17) is 0 Å². The number of amides is 4. The molecule has 4 aromatic rings. The molecule has 0 aliphatic rings. The predicted molar refractivity (Wildman–Crippen MR) is 153 cm³/mol. The summed E-state index contributed by atoms with van der Waals surface area (Å²) in [6, 6.07) is 31.5. The van der Waals surface area contributed by atoms with Gasteiger partial charge in [0, 0.05) is 46.7 Å². The van der Waals surface area contributed by atoms with Gasteiger partial charge in [0.1, 0.15) is 0 Å². The Morgan fingerprint density at radius 3 is 1.05 bits per heavy atom. The van der Waals surface area contributed by atoms with Gasteiger partial charge < -0.3 is 21.3 Å². The number of benzene rings is 4. The molecule has 4 aromatic carbocycles. The van der Waals surface area contributed by atoms with Crippen LogP contribution in [0.4, 0.5) is 22.7 Å². The summed E-state index contributed by atoms with van der Waals surface area (Å²) in [5.41, 5.74) is 3.55. The number of carbonyl (C=O) groups is 4. The summed E-state index contributed by atoms with van der Waals surface area (Å²) in [7, 11) is 0. The Labute approximate surface area is 226 Å². The molecule has 0 saturated carbocycles. The topological polar surface area (TPSA) is 116 Å². The summed E-state index contributed by atoms with van der Waals surface area (Å²) in [5.74, 6) is -0.836. The first-order valence-electron chi connectivity index (χ1n) is 12.5. The lowest BCUT2D eigenvalue weighted by atomic mass is 10.2. The minimum absolute atomic E-state index is 0.185. The minimum atomic E-state index is -0.212. The molecule has 0 saturated heterocycles. The van der Waals surface area contributed by atoms with Crippen molar-refractivity contribution >= 4 is 46.4 Å². The molecule has 0 heterocycles. The molecule has 0 aromatic heterocycles. The van der Waals surface area contributed by atoms with E-state index < -0.39 is 0 Å². The molecule has 196 valence electrons. The summed E-state index contributed by atoms with van der Waals surface area (Å²) in [4.78, 5) is 49.0. The highest BCUT2D eigenvalue weighted by atomic mass is 16.2. The van der Waals surface area contributed by atoms with Crippen LogP contribution in [-0.4, -0.2) is 23.6 Å². The van der Waals surface area contributed by atoms with Crippen molar-refractivity contribution in [2.45, 2.75) is 19.3 Å². The normalized spacial score (nSPS) is 10.3. The van der Waals surface area contributed by atoms with E-state index in [1.165, 1.54) is 0 Å². The van der Waals surface area contributed by atoms with Gasteiger partial charge in [0.25, 0.3) is 11.8 Å². The van der Waals surface area contributed by atoms with Gasteiger partial charge in [0.2, 0.25) is 11.8 Å². The zero-order chi connectivity index (χ0) is 27.5. The van der Waals surface area contributed by atoms with E-state index in [9.17, 15) is 19.2 Å². The van der Waals surface area contributed by atoms with Crippen molar-refractivity contribution in [2.24, 2.45) is 0 Å². The van der Waals surface area contributed by atoms with E-state index in [0.717, 1.165) is 0 Å². The first kappa shape index (κ1) is 26.8. The lowest BCUT2D eigenvalue weighted by Crippen LogP contribution is -2.15. The molecule has 0 radical (unpaired) electrons. The SMILES string of the molecule is O=C(CCCC(=O)Nc1ccc(NC(=O)c2ccccc2)cc1)Nc1ccc(NC(=O)c2ccccc2)cc1. The van der Waals surface area contributed by atoms with Crippen molar-refractivity contribution in [3.8, 4) is 0 Å². The maximum absolute atomic E-state index is 12.3. The highest BCUT2D eigenvalue weighted by Gasteiger charge is 2.09. The Morgan fingerprint density at radius 2 is 0.718 bits per heavy atom. The van der Waals surface area contributed by atoms with Crippen LogP contribution in [0.3, 0.4) is 0 Å². The van der Waals surface area contributed by atoms with Crippen LogP contribution < -0.4 is 21.3 Å². The molecule has 8 heteroatoms. The summed E-state index contributed by atoms with van der Waals surface area (Å²) in [6.45, 7) is 0. The molecule has 4 N–H and O–H groups in total. The number of nitrogens with one attached hydrogen (secondary N) is 4. The average molecular weight is 521 g/mol. The van der Waals surface area contributed by atoms with Crippen LogP contribution in [0.1, 0.15) is 40.0 Å². The number of anilines is 4. The second-order valence-corrected chi connectivity index (χ2v) is 8.74. The van der Waals surface area contributed by atoms with Crippen LogP contribution in [0.2, 0.25) is 0 Å². The van der Waals surface area contributed by atoms with Crippen LogP contribution in [0, 0.1) is 0 Å². The third kappa shape index (κ3) is 8.40. The van der Waals surface area contributed by atoms with Crippen LogP contribution in [0.15, 0.2) is 109 Å². The fraction of sp³-hybridized carbons (Fsp3) is 0.0968. The van der Waals surface area contributed by atoms with E-state index >= 15 is 0 Å². The highest BCUT2D eigenvalue weighted by Crippen LogP contribution is 2.17. The standard InChI is InChI=1S/C31H28N4O4/c36-28(32-24-14-18-26(19-15-24)34-30(38)22-8-3-1-4-9-22)12-7-13-29(37)33-25-16-20-27(21-17-25)35-31(39)23-10-5-2-6-11-23/h1-6,8-11,14-21H,7,12-13H2,(H,32,36)(H,33,37)(H,34,38)(H,35,39). The first-order valence-corrected chi connectivity index (χ1v) is 12.5. The summed E-state index contributed by atoms with van der Waals surface area (Å²) >= 11 is 0. The van der Waals surface area contributed by atoms with Crippen LogP contribution in [0.5, 0.6) is 0 Å². The van der Waals surface area contributed by atoms with Crippen molar-refractivity contribution in [2.75, 3.05) is 21.3 Å². The van der Waals surface area contributed by atoms with Crippen molar-refractivity contribution in [3.05, 3.63) is 120 Å². The maximum atomic E-state index is 12.3. The van der Waals surface area contributed by atoms with Gasteiger partial charge in [-0.15, -0.1) is 0 Å². The third-order valence-electron chi connectivity index (χ3n) is 5.73. The summed E-state index contributed by atoms with van der Waals surface area (Å²) in [6.07, 6.45) is 0.753. The zero-order valence-corrected chi connectivity index (χ0v) is 21.1. The number of carbonyl (C=O) groups excluding carboxylic acids is 4. The van der Waals surface area contributed by atoms with Crippen LogP contribution in [-0.2, 0) is 9.59 Å². The molecule has 0 aliphatic heterocycles. The second-order valence-electron chi connectivity index (χ2n) is 8.74. The molecule has 0 atom stereocenters. The molecule has 0 unspecified atom stereocenters. The van der Waals surface area contributed by atoms with Crippen LogP contribution >= 0.6 is 0 Å². The van der Waals surface area contributed by atoms with Crippen molar-refractivity contribution in [1.29, 1.82) is 0 Å². The van der Waals surface area contributed by atoms with Gasteiger partial charge in [0.15, 0.2) is 0 Å². The van der Waals surface area contributed by atoms with E-state index in [0.29, 0.717) is 40.3 Å². The Kier molecular flexibility index (Phi) is 9.18. The molecule has 0 aliphatic carbocycles. The first-order chi connectivity index (χ1) is 19.0. The maximum Gasteiger partial charge on any atom is 0.255 e. The smallest absolute Gasteiger partial charge is 0.255 e. The van der Waals surface area contributed by atoms with E-state index in [-0.39, 0.29) is 36.5 Å². The van der Waals surface area contributed by atoms with E-state index in [2.05, 4.69) is 21.3 Å². The number of hydrogen-bond donors (Lipinski definition) is 4. The van der Waals surface area contributed by atoms with E-state index in [1.54, 1.807) is 97.1 Å². The molecular weight excluding hydrogens is 492 g/mol. The van der Waals surface area contributed by atoms with Gasteiger partial charge in [-0.3, -0.25) is 19.2 Å². The lowest BCUT2D eigenvalue weighted by Gasteiger charge is -2.09. The molecule has 39 heavy (non-hydrogen) atoms. The van der Waals surface area contributed by atoms with Crippen molar-refractivity contribution in [1.82, 2.24) is 0 Å². The quantitative estimate of drug-likeness (QED) is 0.207. The van der Waals surface area contributed by atoms with E-state index in [1.807, 2.05) is 12.1 Å².